The standard InChI is InChI=1S/C12H14ClN3O4S/c13-8-1-3-9(4-2-8)21(19,20)16-6-5-15-12(18)10(16)7-11(14)17/h1-4,10H,5-7H2,(H2,14,17)(H,15,18). The molecule has 1 aliphatic heterocycles. The summed E-state index contributed by atoms with van der Waals surface area (Å²) >= 11 is 5.73. The highest BCUT2D eigenvalue weighted by Crippen LogP contribution is 2.22. The lowest BCUT2D eigenvalue weighted by Gasteiger charge is -2.33. The number of nitrogens with one attached hydrogen (secondary N) is 1. The molecule has 0 aromatic heterocycles. The fraction of sp³-hybridized carbons (Fsp3) is 0.333. The number of amides is 2. The average molecular weight is 332 g/mol. The smallest absolute Gasteiger partial charge is 0.243 e. The molecule has 114 valence electrons. The maximum Gasteiger partial charge on any atom is 0.243 e. The Morgan fingerprint density at radius 3 is 2.57 bits per heavy atom. The Morgan fingerprint density at radius 2 is 2.00 bits per heavy atom. The maximum atomic E-state index is 12.6. The first kappa shape index (κ1) is 15.7. The van der Waals surface area contributed by atoms with E-state index in [0.717, 1.165) is 4.31 Å². The monoisotopic (exact) mass is 331 g/mol. The Morgan fingerprint density at radius 1 is 1.38 bits per heavy atom. The van der Waals surface area contributed by atoms with Crippen molar-refractivity contribution in [3.8, 4) is 0 Å². The Bertz CT molecular complexity index is 660. The van der Waals surface area contributed by atoms with Gasteiger partial charge >= 0.3 is 0 Å². The minimum atomic E-state index is -3.90. The molecule has 1 aromatic carbocycles. The molecule has 0 radical (unpaired) electrons. The number of hydrogen-bond acceptors (Lipinski definition) is 4. The topological polar surface area (TPSA) is 110 Å². The van der Waals surface area contributed by atoms with E-state index in [-0.39, 0.29) is 24.4 Å². The summed E-state index contributed by atoms with van der Waals surface area (Å²) in [6.45, 7) is 0.259. The predicted molar refractivity (Wildman–Crippen MR) is 76.0 cm³/mol. The number of carbonyl (C=O) groups excluding carboxylic acids is 2. The third-order valence-corrected chi connectivity index (χ3v) is 5.27. The van der Waals surface area contributed by atoms with E-state index >= 15 is 0 Å². The highest BCUT2D eigenvalue weighted by molar-refractivity contribution is 7.89. The summed E-state index contributed by atoms with van der Waals surface area (Å²) in [5.41, 5.74) is 5.09. The van der Waals surface area contributed by atoms with E-state index in [1.54, 1.807) is 0 Å². The molecule has 0 aliphatic carbocycles. The van der Waals surface area contributed by atoms with Gasteiger partial charge in [-0.05, 0) is 24.3 Å². The fourth-order valence-electron chi connectivity index (χ4n) is 2.11. The van der Waals surface area contributed by atoms with Crippen LogP contribution in [0.15, 0.2) is 29.2 Å². The minimum Gasteiger partial charge on any atom is -0.370 e. The summed E-state index contributed by atoms with van der Waals surface area (Å²) in [5.74, 6) is -1.27. The van der Waals surface area contributed by atoms with Gasteiger partial charge < -0.3 is 11.1 Å². The number of sulfonamides is 1. The Hall–Kier alpha value is -1.64. The second-order valence-corrected chi connectivity index (χ2v) is 6.87. The summed E-state index contributed by atoms with van der Waals surface area (Å²) in [6.07, 6.45) is -0.362. The van der Waals surface area contributed by atoms with Crippen LogP contribution in [-0.4, -0.2) is 43.7 Å². The molecule has 7 nitrogen and oxygen atoms in total. The maximum absolute atomic E-state index is 12.6. The van der Waals surface area contributed by atoms with Gasteiger partial charge in [0.2, 0.25) is 21.8 Å². The molecule has 1 aromatic rings. The molecule has 3 N–H and O–H groups in total. The molecular weight excluding hydrogens is 318 g/mol. The Balaban J connectivity index is 2.38. The summed E-state index contributed by atoms with van der Waals surface area (Å²) in [6, 6.07) is 4.47. The molecule has 2 rings (SSSR count). The number of halogens is 1. The van der Waals surface area contributed by atoms with E-state index in [9.17, 15) is 18.0 Å². The second kappa shape index (κ2) is 6.00. The molecule has 0 spiro atoms. The lowest BCUT2D eigenvalue weighted by atomic mass is 10.1. The van der Waals surface area contributed by atoms with Gasteiger partial charge in [-0.1, -0.05) is 11.6 Å². The third-order valence-electron chi connectivity index (χ3n) is 3.10. The van der Waals surface area contributed by atoms with Crippen molar-refractivity contribution in [2.24, 2.45) is 5.73 Å². The van der Waals surface area contributed by atoms with Crippen molar-refractivity contribution in [1.82, 2.24) is 9.62 Å². The van der Waals surface area contributed by atoms with Crippen LogP contribution in [0.1, 0.15) is 6.42 Å². The van der Waals surface area contributed by atoms with Crippen LogP contribution in [0.5, 0.6) is 0 Å². The zero-order valence-corrected chi connectivity index (χ0v) is 12.5. The van der Waals surface area contributed by atoms with Gasteiger partial charge in [-0.25, -0.2) is 8.42 Å². The Kier molecular flexibility index (Phi) is 4.50. The van der Waals surface area contributed by atoms with Crippen molar-refractivity contribution < 1.29 is 18.0 Å². The number of rotatable bonds is 4. The SMILES string of the molecule is NC(=O)CC1C(=O)NCCN1S(=O)(=O)c1ccc(Cl)cc1. The summed E-state index contributed by atoms with van der Waals surface area (Å²) in [4.78, 5) is 22.9. The molecule has 1 atom stereocenters. The van der Waals surface area contributed by atoms with Gasteiger partial charge in [0.05, 0.1) is 11.3 Å². The third kappa shape index (κ3) is 3.34. The van der Waals surface area contributed by atoms with Crippen LogP contribution in [0, 0.1) is 0 Å². The van der Waals surface area contributed by atoms with E-state index in [0.29, 0.717) is 5.02 Å². The normalized spacial score (nSPS) is 20.0. The first-order chi connectivity index (χ1) is 9.82. The van der Waals surface area contributed by atoms with Crippen LogP contribution >= 0.6 is 11.6 Å². The van der Waals surface area contributed by atoms with Crippen LogP contribution in [-0.2, 0) is 19.6 Å². The number of benzene rings is 1. The molecule has 0 saturated carbocycles. The highest BCUT2D eigenvalue weighted by Gasteiger charge is 2.39. The first-order valence-electron chi connectivity index (χ1n) is 6.16. The van der Waals surface area contributed by atoms with Gasteiger partial charge in [0, 0.05) is 18.1 Å². The van der Waals surface area contributed by atoms with E-state index in [1.807, 2.05) is 0 Å². The first-order valence-corrected chi connectivity index (χ1v) is 7.97. The number of nitrogens with zero attached hydrogens (tertiary/aromatic N) is 1. The number of piperazine rings is 1. The molecule has 1 unspecified atom stereocenters. The molecule has 1 aliphatic rings. The van der Waals surface area contributed by atoms with Gasteiger partial charge in [-0.3, -0.25) is 9.59 Å². The van der Waals surface area contributed by atoms with E-state index < -0.39 is 27.9 Å². The molecule has 1 heterocycles. The number of primary amides is 1. The van der Waals surface area contributed by atoms with Crippen LogP contribution in [0.3, 0.4) is 0 Å². The van der Waals surface area contributed by atoms with Crippen LogP contribution < -0.4 is 11.1 Å². The van der Waals surface area contributed by atoms with Crippen molar-refractivity contribution in [3.05, 3.63) is 29.3 Å². The van der Waals surface area contributed by atoms with Crippen molar-refractivity contribution in [3.63, 3.8) is 0 Å². The van der Waals surface area contributed by atoms with E-state index in [2.05, 4.69) is 5.32 Å². The zero-order chi connectivity index (χ0) is 15.6. The van der Waals surface area contributed by atoms with Gasteiger partial charge in [-0.15, -0.1) is 0 Å². The summed E-state index contributed by atoms with van der Waals surface area (Å²) in [7, 11) is -3.90. The zero-order valence-electron chi connectivity index (χ0n) is 11.0. The molecule has 2 amide bonds. The van der Waals surface area contributed by atoms with Gasteiger partial charge in [0.1, 0.15) is 6.04 Å². The minimum absolute atomic E-state index is 0.0103. The van der Waals surface area contributed by atoms with Crippen molar-refractivity contribution in [2.45, 2.75) is 17.4 Å². The number of hydrogen-bond donors (Lipinski definition) is 2. The van der Waals surface area contributed by atoms with E-state index in [4.69, 9.17) is 17.3 Å². The van der Waals surface area contributed by atoms with Crippen molar-refractivity contribution >= 4 is 33.4 Å². The molecule has 21 heavy (non-hydrogen) atoms. The van der Waals surface area contributed by atoms with Gasteiger partial charge in [0.25, 0.3) is 0 Å². The molecule has 1 saturated heterocycles. The van der Waals surface area contributed by atoms with Crippen LogP contribution in [0.2, 0.25) is 5.02 Å². The lowest BCUT2D eigenvalue weighted by molar-refractivity contribution is -0.130. The van der Waals surface area contributed by atoms with Crippen molar-refractivity contribution in [1.29, 1.82) is 0 Å². The molecular formula is C12H14ClN3O4S. The largest absolute Gasteiger partial charge is 0.370 e. The summed E-state index contributed by atoms with van der Waals surface area (Å²) < 4.78 is 26.2. The number of carbonyl (C=O) groups is 2. The predicted octanol–water partition coefficient (Wildman–Crippen LogP) is -0.296. The number of nitrogens with two attached hydrogens (primary N) is 1. The van der Waals surface area contributed by atoms with Crippen molar-refractivity contribution in [2.75, 3.05) is 13.1 Å². The molecule has 0 bridgehead atoms. The average Bonchev–Trinajstić information content (AvgIpc) is 2.41. The van der Waals surface area contributed by atoms with E-state index in [1.165, 1.54) is 24.3 Å². The van der Waals surface area contributed by atoms with Gasteiger partial charge in [-0.2, -0.15) is 4.31 Å². The Labute approximate surface area is 127 Å². The van der Waals surface area contributed by atoms with Crippen LogP contribution in [0.4, 0.5) is 0 Å². The lowest BCUT2D eigenvalue weighted by Crippen LogP contribution is -2.58. The fourth-order valence-corrected chi connectivity index (χ4v) is 3.82. The second-order valence-electron chi connectivity index (χ2n) is 4.55. The molecule has 9 heteroatoms. The van der Waals surface area contributed by atoms with Gasteiger partial charge in [0.15, 0.2) is 0 Å². The quantitative estimate of drug-likeness (QED) is 0.789. The highest BCUT2D eigenvalue weighted by atomic mass is 35.5. The van der Waals surface area contributed by atoms with Crippen LogP contribution in [0.25, 0.3) is 0 Å². The summed E-state index contributed by atoms with van der Waals surface area (Å²) in [5, 5.41) is 2.93. The molecule has 1 fully saturated rings.